The molecule has 18 heavy (non-hydrogen) atoms. The molecule has 0 aromatic carbocycles. The molecule has 1 aliphatic rings. The molecule has 0 amide bonds. The van der Waals surface area contributed by atoms with E-state index in [4.69, 9.17) is 9.15 Å². The topological polar surface area (TPSA) is 37.6 Å². The minimum atomic E-state index is 0.326. The number of hydrogen-bond donors (Lipinski definition) is 1. The molecule has 0 bridgehead atoms. The van der Waals surface area contributed by atoms with Crippen molar-refractivity contribution in [3.8, 4) is 0 Å². The van der Waals surface area contributed by atoms with E-state index in [1.54, 1.807) is 6.26 Å². The average molecular weight is 252 g/mol. The predicted octanol–water partition coefficient (Wildman–Crippen LogP) is 2.00. The van der Waals surface area contributed by atoms with E-state index in [0.29, 0.717) is 12.1 Å². The van der Waals surface area contributed by atoms with Crippen molar-refractivity contribution in [2.24, 2.45) is 0 Å². The van der Waals surface area contributed by atoms with E-state index >= 15 is 0 Å². The zero-order valence-corrected chi connectivity index (χ0v) is 11.6. The third-order valence-electron chi connectivity index (χ3n) is 3.60. The fourth-order valence-electron chi connectivity index (χ4n) is 2.52. The van der Waals surface area contributed by atoms with Crippen LogP contribution in [0.15, 0.2) is 16.7 Å². The Morgan fingerprint density at radius 3 is 3.06 bits per heavy atom. The van der Waals surface area contributed by atoms with E-state index in [2.05, 4.69) is 30.1 Å². The number of ether oxygens (including phenoxy) is 1. The van der Waals surface area contributed by atoms with Crippen molar-refractivity contribution in [2.75, 3.05) is 20.2 Å². The van der Waals surface area contributed by atoms with Gasteiger partial charge in [-0.2, -0.15) is 0 Å². The Hall–Kier alpha value is -0.840. The van der Waals surface area contributed by atoms with Crippen LogP contribution in [0.2, 0.25) is 0 Å². The zero-order valence-electron chi connectivity index (χ0n) is 11.6. The van der Waals surface area contributed by atoms with E-state index in [-0.39, 0.29) is 0 Å². The lowest BCUT2D eigenvalue weighted by atomic mass is 10.1. The Bertz CT molecular complexity index is 364. The van der Waals surface area contributed by atoms with Crippen molar-refractivity contribution in [3.63, 3.8) is 0 Å². The molecule has 1 N–H and O–H groups in total. The second-order valence-corrected chi connectivity index (χ2v) is 5.03. The standard InChI is InChI=1S/C14H24N2O2/c1-4-13-10-18-11(2)8-16(13)9-12-5-6-17-14(12)7-15-3/h5-6,11,13,15H,4,7-10H2,1-3H3. The van der Waals surface area contributed by atoms with E-state index in [9.17, 15) is 0 Å². The number of nitrogens with zero attached hydrogens (tertiary/aromatic N) is 1. The highest BCUT2D eigenvalue weighted by molar-refractivity contribution is 5.17. The van der Waals surface area contributed by atoms with Crippen LogP contribution in [-0.2, 0) is 17.8 Å². The molecule has 2 heterocycles. The van der Waals surface area contributed by atoms with Crippen LogP contribution in [0, 0.1) is 0 Å². The number of rotatable bonds is 5. The highest BCUT2D eigenvalue weighted by Crippen LogP contribution is 2.20. The highest BCUT2D eigenvalue weighted by Gasteiger charge is 2.26. The summed E-state index contributed by atoms with van der Waals surface area (Å²) in [5.74, 6) is 1.05. The van der Waals surface area contributed by atoms with Gasteiger partial charge < -0.3 is 14.5 Å². The molecule has 1 aliphatic heterocycles. The molecule has 4 nitrogen and oxygen atoms in total. The van der Waals surface area contributed by atoms with E-state index in [1.165, 1.54) is 5.56 Å². The molecule has 1 aromatic heterocycles. The van der Waals surface area contributed by atoms with Gasteiger partial charge in [0.15, 0.2) is 0 Å². The SMILES string of the molecule is CCC1COC(C)CN1Cc1ccoc1CNC. The number of furan rings is 1. The van der Waals surface area contributed by atoms with Gasteiger partial charge in [0.1, 0.15) is 5.76 Å². The molecule has 1 fully saturated rings. The minimum Gasteiger partial charge on any atom is -0.468 e. The first-order chi connectivity index (χ1) is 8.74. The summed E-state index contributed by atoms with van der Waals surface area (Å²) in [4.78, 5) is 2.51. The number of hydrogen-bond acceptors (Lipinski definition) is 4. The second-order valence-electron chi connectivity index (χ2n) is 5.03. The van der Waals surface area contributed by atoms with Gasteiger partial charge in [0.05, 0.1) is 25.5 Å². The van der Waals surface area contributed by atoms with Gasteiger partial charge in [0.2, 0.25) is 0 Å². The molecular formula is C14H24N2O2. The molecule has 0 radical (unpaired) electrons. The van der Waals surface area contributed by atoms with E-state index in [1.807, 2.05) is 7.05 Å². The Morgan fingerprint density at radius 2 is 2.33 bits per heavy atom. The van der Waals surface area contributed by atoms with Gasteiger partial charge in [-0.05, 0) is 26.5 Å². The lowest BCUT2D eigenvalue weighted by Crippen LogP contribution is -2.47. The van der Waals surface area contributed by atoms with Crippen LogP contribution in [-0.4, -0.2) is 37.2 Å². The maximum Gasteiger partial charge on any atom is 0.122 e. The molecule has 2 unspecified atom stereocenters. The van der Waals surface area contributed by atoms with Crippen LogP contribution in [0.5, 0.6) is 0 Å². The van der Waals surface area contributed by atoms with Gasteiger partial charge in [-0.15, -0.1) is 0 Å². The normalized spacial score (nSPS) is 25.5. The molecule has 4 heteroatoms. The maximum atomic E-state index is 5.73. The monoisotopic (exact) mass is 252 g/mol. The number of nitrogens with one attached hydrogen (secondary N) is 1. The Labute approximate surface area is 109 Å². The van der Waals surface area contributed by atoms with Crippen molar-refractivity contribution in [1.29, 1.82) is 0 Å². The van der Waals surface area contributed by atoms with Crippen molar-refractivity contribution >= 4 is 0 Å². The molecule has 102 valence electrons. The highest BCUT2D eigenvalue weighted by atomic mass is 16.5. The third kappa shape index (κ3) is 3.13. The summed E-state index contributed by atoms with van der Waals surface area (Å²) in [6.07, 6.45) is 3.24. The Morgan fingerprint density at radius 1 is 1.50 bits per heavy atom. The summed E-state index contributed by atoms with van der Waals surface area (Å²) < 4.78 is 11.3. The summed E-state index contributed by atoms with van der Waals surface area (Å²) in [7, 11) is 1.94. The van der Waals surface area contributed by atoms with Crippen molar-refractivity contribution in [2.45, 2.75) is 45.5 Å². The lowest BCUT2D eigenvalue weighted by Gasteiger charge is -2.38. The first-order valence-corrected chi connectivity index (χ1v) is 6.80. The Balaban J connectivity index is 2.03. The molecular weight excluding hydrogens is 228 g/mol. The fraction of sp³-hybridized carbons (Fsp3) is 0.714. The summed E-state index contributed by atoms with van der Waals surface area (Å²) in [5.41, 5.74) is 1.29. The first-order valence-electron chi connectivity index (χ1n) is 6.80. The van der Waals surface area contributed by atoms with Crippen molar-refractivity contribution < 1.29 is 9.15 Å². The Kier molecular flexibility index (Phi) is 4.80. The maximum absolute atomic E-state index is 5.73. The van der Waals surface area contributed by atoms with Crippen LogP contribution in [0.1, 0.15) is 31.6 Å². The number of morpholine rings is 1. The largest absolute Gasteiger partial charge is 0.468 e. The molecule has 1 saturated heterocycles. The van der Waals surface area contributed by atoms with Crippen molar-refractivity contribution in [3.05, 3.63) is 23.7 Å². The van der Waals surface area contributed by atoms with E-state index in [0.717, 1.165) is 38.4 Å². The molecule has 0 spiro atoms. The third-order valence-corrected chi connectivity index (χ3v) is 3.60. The van der Waals surface area contributed by atoms with Crippen LogP contribution in [0.25, 0.3) is 0 Å². The summed E-state index contributed by atoms with van der Waals surface area (Å²) in [6, 6.07) is 2.61. The van der Waals surface area contributed by atoms with Crippen LogP contribution in [0.4, 0.5) is 0 Å². The fourth-order valence-corrected chi connectivity index (χ4v) is 2.52. The molecule has 0 aliphatic carbocycles. The van der Waals surface area contributed by atoms with Crippen LogP contribution < -0.4 is 5.32 Å². The van der Waals surface area contributed by atoms with Gasteiger partial charge in [0, 0.05) is 24.7 Å². The van der Waals surface area contributed by atoms with Gasteiger partial charge in [0.25, 0.3) is 0 Å². The molecule has 2 atom stereocenters. The molecule has 2 rings (SSSR count). The lowest BCUT2D eigenvalue weighted by molar-refractivity contribution is -0.0593. The molecule has 1 aromatic rings. The average Bonchev–Trinajstić information content (AvgIpc) is 2.78. The van der Waals surface area contributed by atoms with Gasteiger partial charge in [-0.1, -0.05) is 6.92 Å². The summed E-state index contributed by atoms with van der Waals surface area (Å²) in [5, 5.41) is 3.14. The smallest absolute Gasteiger partial charge is 0.122 e. The van der Waals surface area contributed by atoms with Crippen LogP contribution in [0.3, 0.4) is 0 Å². The predicted molar refractivity (Wildman–Crippen MR) is 71.4 cm³/mol. The molecule has 0 saturated carbocycles. The van der Waals surface area contributed by atoms with E-state index < -0.39 is 0 Å². The van der Waals surface area contributed by atoms with Crippen LogP contribution >= 0.6 is 0 Å². The van der Waals surface area contributed by atoms with Gasteiger partial charge >= 0.3 is 0 Å². The quantitative estimate of drug-likeness (QED) is 0.870. The summed E-state index contributed by atoms with van der Waals surface area (Å²) >= 11 is 0. The zero-order chi connectivity index (χ0) is 13.0. The summed E-state index contributed by atoms with van der Waals surface area (Å²) in [6.45, 7) is 7.96. The minimum absolute atomic E-state index is 0.326. The second kappa shape index (κ2) is 6.36. The van der Waals surface area contributed by atoms with Gasteiger partial charge in [-0.25, -0.2) is 0 Å². The van der Waals surface area contributed by atoms with Crippen molar-refractivity contribution in [1.82, 2.24) is 10.2 Å². The first kappa shape index (κ1) is 13.6. The van der Waals surface area contributed by atoms with Gasteiger partial charge in [-0.3, -0.25) is 4.90 Å².